The summed E-state index contributed by atoms with van der Waals surface area (Å²) < 4.78 is 19.0. The number of methoxy groups -OCH3 is 1. The summed E-state index contributed by atoms with van der Waals surface area (Å²) in [6.45, 7) is 2.02. The molecule has 0 aliphatic heterocycles. The predicted octanol–water partition coefficient (Wildman–Crippen LogP) is 4.39. The zero-order valence-electron chi connectivity index (χ0n) is 12.1. The molecule has 0 aromatic heterocycles. The molecule has 20 heavy (non-hydrogen) atoms. The lowest BCUT2D eigenvalue weighted by atomic mass is 9.83. The van der Waals surface area contributed by atoms with Gasteiger partial charge in [-0.15, -0.1) is 0 Å². The summed E-state index contributed by atoms with van der Waals surface area (Å²) in [6, 6.07) is 4.79. The third-order valence-electron chi connectivity index (χ3n) is 3.88. The first-order valence-corrected chi connectivity index (χ1v) is 7.21. The van der Waals surface area contributed by atoms with E-state index in [0.717, 1.165) is 31.3 Å². The lowest BCUT2D eigenvalue weighted by molar-refractivity contribution is -0.123. The molecule has 0 fully saturated rings. The third-order valence-corrected chi connectivity index (χ3v) is 3.88. The van der Waals surface area contributed by atoms with Crippen LogP contribution in [0.2, 0.25) is 0 Å². The first-order chi connectivity index (χ1) is 9.65. The van der Waals surface area contributed by atoms with Crippen molar-refractivity contribution < 1.29 is 13.9 Å². The fourth-order valence-corrected chi connectivity index (χ4v) is 2.70. The Hall–Kier alpha value is -1.64. The minimum atomic E-state index is -0.226. The number of carbonyl (C=O) groups is 1. The van der Waals surface area contributed by atoms with Gasteiger partial charge in [-0.05, 0) is 49.5 Å². The number of ketones is 1. The number of hydrogen-bond acceptors (Lipinski definition) is 2. The predicted molar refractivity (Wildman–Crippen MR) is 78.2 cm³/mol. The first kappa shape index (κ1) is 14.8. The maximum absolute atomic E-state index is 13.9. The van der Waals surface area contributed by atoms with Gasteiger partial charge in [0.05, 0.1) is 7.11 Å². The number of Topliss-reactive ketones (excluding diaryl/α,β-unsaturated/α-hetero) is 1. The smallest absolute Gasteiger partial charge is 0.136 e. The number of allylic oxidation sites excluding steroid dienone is 2. The fourth-order valence-electron chi connectivity index (χ4n) is 2.70. The standard InChI is InChI=1S/C17H21FO2/c1-3-4-17(19)13-7-5-12(6-8-13)15-11-14(20-2)9-10-16(15)18/h5,9-11,13H,3-4,6-8H2,1-2H3. The summed E-state index contributed by atoms with van der Waals surface area (Å²) in [4.78, 5) is 11.9. The van der Waals surface area contributed by atoms with Crippen LogP contribution < -0.4 is 4.74 Å². The molecule has 0 amide bonds. The van der Waals surface area contributed by atoms with Crippen LogP contribution in [0, 0.1) is 11.7 Å². The van der Waals surface area contributed by atoms with E-state index in [0.29, 0.717) is 23.5 Å². The number of carbonyl (C=O) groups excluding carboxylic acids is 1. The van der Waals surface area contributed by atoms with Crippen LogP contribution in [0.25, 0.3) is 5.57 Å². The van der Waals surface area contributed by atoms with Gasteiger partial charge in [0.15, 0.2) is 0 Å². The van der Waals surface area contributed by atoms with E-state index in [-0.39, 0.29) is 11.7 Å². The van der Waals surface area contributed by atoms with E-state index >= 15 is 0 Å². The van der Waals surface area contributed by atoms with Crippen LogP contribution in [0.5, 0.6) is 5.75 Å². The van der Waals surface area contributed by atoms with Gasteiger partial charge in [0.25, 0.3) is 0 Å². The van der Waals surface area contributed by atoms with Crippen molar-refractivity contribution in [2.45, 2.75) is 39.0 Å². The largest absolute Gasteiger partial charge is 0.497 e. The van der Waals surface area contributed by atoms with Gasteiger partial charge in [0.2, 0.25) is 0 Å². The Balaban J connectivity index is 2.14. The molecule has 1 unspecified atom stereocenters. The fraction of sp³-hybridized carbons (Fsp3) is 0.471. The van der Waals surface area contributed by atoms with Gasteiger partial charge in [-0.25, -0.2) is 4.39 Å². The molecule has 1 aromatic carbocycles. The number of rotatable bonds is 5. The second-order valence-electron chi connectivity index (χ2n) is 5.26. The summed E-state index contributed by atoms with van der Waals surface area (Å²) >= 11 is 0. The molecule has 3 heteroatoms. The highest BCUT2D eigenvalue weighted by atomic mass is 19.1. The number of ether oxygens (including phenoxy) is 1. The Morgan fingerprint density at radius 3 is 2.85 bits per heavy atom. The van der Waals surface area contributed by atoms with E-state index < -0.39 is 0 Å². The summed E-state index contributed by atoms with van der Waals surface area (Å²) in [6.07, 6.45) is 5.87. The lowest BCUT2D eigenvalue weighted by Crippen LogP contribution is -2.16. The van der Waals surface area contributed by atoms with Crippen molar-refractivity contribution in [3.8, 4) is 5.75 Å². The molecule has 0 radical (unpaired) electrons. The van der Waals surface area contributed by atoms with Crippen molar-refractivity contribution in [3.63, 3.8) is 0 Å². The van der Waals surface area contributed by atoms with Crippen molar-refractivity contribution in [1.29, 1.82) is 0 Å². The Morgan fingerprint density at radius 1 is 1.45 bits per heavy atom. The van der Waals surface area contributed by atoms with E-state index in [1.54, 1.807) is 19.2 Å². The average Bonchev–Trinajstić information content (AvgIpc) is 2.48. The summed E-state index contributed by atoms with van der Waals surface area (Å²) in [7, 11) is 1.58. The molecule has 108 valence electrons. The van der Waals surface area contributed by atoms with E-state index in [9.17, 15) is 9.18 Å². The zero-order chi connectivity index (χ0) is 14.5. The molecule has 2 nitrogen and oxygen atoms in total. The van der Waals surface area contributed by atoms with Gasteiger partial charge in [-0.1, -0.05) is 13.0 Å². The van der Waals surface area contributed by atoms with Crippen molar-refractivity contribution in [2.24, 2.45) is 5.92 Å². The minimum absolute atomic E-state index is 0.118. The summed E-state index contributed by atoms with van der Waals surface area (Å²) in [5.74, 6) is 0.892. The summed E-state index contributed by atoms with van der Waals surface area (Å²) in [5.41, 5.74) is 1.59. The van der Waals surface area contributed by atoms with Gasteiger partial charge in [0.1, 0.15) is 17.3 Å². The normalized spacial score (nSPS) is 18.6. The number of benzene rings is 1. The molecule has 1 atom stereocenters. The van der Waals surface area contributed by atoms with Gasteiger partial charge >= 0.3 is 0 Å². The molecule has 0 spiro atoms. The van der Waals surface area contributed by atoms with Crippen LogP contribution in [-0.4, -0.2) is 12.9 Å². The first-order valence-electron chi connectivity index (χ1n) is 7.21. The second-order valence-corrected chi connectivity index (χ2v) is 5.26. The monoisotopic (exact) mass is 276 g/mol. The van der Waals surface area contributed by atoms with E-state index in [1.807, 2.05) is 13.0 Å². The van der Waals surface area contributed by atoms with Gasteiger partial charge < -0.3 is 4.74 Å². The molecule has 0 heterocycles. The Bertz CT molecular complexity index is 520. The maximum Gasteiger partial charge on any atom is 0.136 e. The topological polar surface area (TPSA) is 26.3 Å². The van der Waals surface area contributed by atoms with E-state index in [1.165, 1.54) is 6.07 Å². The highest BCUT2D eigenvalue weighted by Crippen LogP contribution is 2.33. The average molecular weight is 276 g/mol. The molecule has 0 saturated carbocycles. The van der Waals surface area contributed by atoms with Gasteiger partial charge in [-0.3, -0.25) is 4.79 Å². The molecular weight excluding hydrogens is 255 g/mol. The van der Waals surface area contributed by atoms with Crippen molar-refractivity contribution >= 4 is 11.4 Å². The maximum atomic E-state index is 13.9. The van der Waals surface area contributed by atoms with Crippen LogP contribution in [0.4, 0.5) is 4.39 Å². The number of halogens is 1. The van der Waals surface area contributed by atoms with Gasteiger partial charge in [-0.2, -0.15) is 0 Å². The highest BCUT2D eigenvalue weighted by Gasteiger charge is 2.22. The van der Waals surface area contributed by atoms with Crippen molar-refractivity contribution in [3.05, 3.63) is 35.7 Å². The molecule has 1 aliphatic rings. The third kappa shape index (κ3) is 3.27. The van der Waals surface area contributed by atoms with Gasteiger partial charge in [0, 0.05) is 17.9 Å². The van der Waals surface area contributed by atoms with Crippen LogP contribution in [0.15, 0.2) is 24.3 Å². The Kier molecular flexibility index (Phi) is 4.94. The molecule has 1 aliphatic carbocycles. The summed E-state index contributed by atoms with van der Waals surface area (Å²) in [5, 5.41) is 0. The minimum Gasteiger partial charge on any atom is -0.497 e. The molecule has 0 saturated heterocycles. The lowest BCUT2D eigenvalue weighted by Gasteiger charge is -2.21. The Morgan fingerprint density at radius 2 is 2.25 bits per heavy atom. The van der Waals surface area contributed by atoms with Crippen LogP contribution in [0.3, 0.4) is 0 Å². The SMILES string of the molecule is CCCC(=O)C1CC=C(c2cc(OC)ccc2F)CC1. The molecule has 2 rings (SSSR count). The molecular formula is C17H21FO2. The molecule has 1 aromatic rings. The van der Waals surface area contributed by atoms with E-state index in [4.69, 9.17) is 4.74 Å². The van der Waals surface area contributed by atoms with Crippen molar-refractivity contribution in [1.82, 2.24) is 0 Å². The Labute approximate surface area is 119 Å². The zero-order valence-corrected chi connectivity index (χ0v) is 12.1. The quantitative estimate of drug-likeness (QED) is 0.797. The molecule has 0 N–H and O–H groups in total. The van der Waals surface area contributed by atoms with Crippen molar-refractivity contribution in [2.75, 3.05) is 7.11 Å². The second kappa shape index (κ2) is 6.69. The highest BCUT2D eigenvalue weighted by molar-refractivity contribution is 5.82. The van der Waals surface area contributed by atoms with Crippen LogP contribution in [-0.2, 0) is 4.79 Å². The van der Waals surface area contributed by atoms with Crippen LogP contribution in [0.1, 0.15) is 44.6 Å². The van der Waals surface area contributed by atoms with Crippen LogP contribution >= 0.6 is 0 Å². The number of hydrogen-bond donors (Lipinski definition) is 0. The van der Waals surface area contributed by atoms with E-state index in [2.05, 4.69) is 0 Å². The molecule has 0 bridgehead atoms.